The molecule has 0 amide bonds. The molecule has 0 radical (unpaired) electrons. The Morgan fingerprint density at radius 1 is 1.29 bits per heavy atom. The van der Waals surface area contributed by atoms with Gasteiger partial charge < -0.3 is 5.32 Å². The Kier molecular flexibility index (Phi) is 4.75. The van der Waals surface area contributed by atoms with Gasteiger partial charge in [-0.3, -0.25) is 4.68 Å². The summed E-state index contributed by atoms with van der Waals surface area (Å²) in [6, 6.07) is 0.588. The Bertz CT molecular complexity index is 601. The number of nitrogens with zero attached hydrogens (tertiary/aromatic N) is 3. The normalized spacial score (nSPS) is 19.9. The molecule has 2 rings (SSSR count). The highest BCUT2D eigenvalue weighted by molar-refractivity contribution is 7.88. The Morgan fingerprint density at radius 3 is 2.29 bits per heavy atom. The minimum atomic E-state index is -3.05. The average Bonchev–Trinajstić information content (AvgIpc) is 2.62. The van der Waals surface area contributed by atoms with Crippen molar-refractivity contribution in [1.82, 2.24) is 19.4 Å². The molecule has 1 saturated heterocycles. The second kappa shape index (κ2) is 6.06. The van der Waals surface area contributed by atoms with Gasteiger partial charge in [-0.2, -0.15) is 5.10 Å². The summed E-state index contributed by atoms with van der Waals surface area (Å²) in [5.41, 5.74) is 3.49. The van der Waals surface area contributed by atoms with Gasteiger partial charge in [0.25, 0.3) is 0 Å². The molecule has 1 aromatic rings. The van der Waals surface area contributed by atoms with E-state index in [1.165, 1.54) is 17.5 Å². The second-order valence-electron chi connectivity index (χ2n) is 6.03. The van der Waals surface area contributed by atoms with Crippen molar-refractivity contribution in [3.05, 3.63) is 17.0 Å². The Balaban J connectivity index is 1.97. The van der Waals surface area contributed by atoms with Crippen LogP contribution < -0.4 is 5.32 Å². The minimum Gasteiger partial charge on any atom is -0.307 e. The Morgan fingerprint density at radius 2 is 1.86 bits per heavy atom. The summed E-state index contributed by atoms with van der Waals surface area (Å²) in [5, 5.41) is 8.09. The number of hydrogen-bond acceptors (Lipinski definition) is 4. The number of aromatic nitrogens is 2. The molecule has 1 aliphatic heterocycles. The first-order chi connectivity index (χ1) is 9.70. The van der Waals surface area contributed by atoms with Gasteiger partial charge in [-0.05, 0) is 33.6 Å². The van der Waals surface area contributed by atoms with Crippen LogP contribution in [0.5, 0.6) is 0 Å². The highest BCUT2D eigenvalue weighted by Crippen LogP contribution is 2.23. The zero-order valence-corrected chi connectivity index (χ0v) is 14.4. The average molecular weight is 314 g/mol. The summed E-state index contributed by atoms with van der Waals surface area (Å²) in [6.45, 7) is 7.48. The highest BCUT2D eigenvalue weighted by atomic mass is 32.2. The number of hydrogen-bond donors (Lipinski definition) is 1. The van der Waals surface area contributed by atoms with Crippen molar-refractivity contribution in [3.63, 3.8) is 0 Å². The summed E-state index contributed by atoms with van der Waals surface area (Å²) >= 11 is 0. The lowest BCUT2D eigenvalue weighted by molar-refractivity contribution is 0.278. The van der Waals surface area contributed by atoms with Gasteiger partial charge in [-0.1, -0.05) is 0 Å². The quantitative estimate of drug-likeness (QED) is 0.904. The van der Waals surface area contributed by atoms with Crippen molar-refractivity contribution in [2.45, 2.75) is 45.7 Å². The van der Waals surface area contributed by atoms with Crippen LogP contribution in [0.25, 0.3) is 0 Å². The van der Waals surface area contributed by atoms with E-state index in [0.717, 1.165) is 18.5 Å². The predicted molar refractivity (Wildman–Crippen MR) is 83.7 cm³/mol. The standard InChI is InChI=1S/C14H26N4O2S/c1-10(14-11(2)16-17(4)12(14)3)15-13-6-8-18(9-7-13)21(5,19)20/h10,13,15H,6-9H2,1-5H3. The molecule has 1 fully saturated rings. The number of nitrogens with one attached hydrogen (secondary N) is 1. The maximum atomic E-state index is 11.5. The molecule has 1 aliphatic rings. The van der Waals surface area contributed by atoms with E-state index in [0.29, 0.717) is 19.1 Å². The topological polar surface area (TPSA) is 67.2 Å². The van der Waals surface area contributed by atoms with E-state index in [1.807, 2.05) is 18.7 Å². The molecule has 1 aromatic heterocycles. The molecule has 7 heteroatoms. The van der Waals surface area contributed by atoms with Crippen LogP contribution in [0.1, 0.15) is 42.8 Å². The zero-order valence-electron chi connectivity index (χ0n) is 13.5. The fraction of sp³-hybridized carbons (Fsp3) is 0.786. The van der Waals surface area contributed by atoms with E-state index >= 15 is 0 Å². The Hall–Kier alpha value is -0.920. The molecular weight excluding hydrogens is 288 g/mol. The maximum absolute atomic E-state index is 11.5. The lowest BCUT2D eigenvalue weighted by Gasteiger charge is -2.32. The molecular formula is C14H26N4O2S. The van der Waals surface area contributed by atoms with Gasteiger partial charge in [0, 0.05) is 43.5 Å². The van der Waals surface area contributed by atoms with Crippen LogP contribution in [0, 0.1) is 13.8 Å². The highest BCUT2D eigenvalue weighted by Gasteiger charge is 2.26. The molecule has 21 heavy (non-hydrogen) atoms. The summed E-state index contributed by atoms with van der Waals surface area (Å²) < 4.78 is 26.5. The van der Waals surface area contributed by atoms with Gasteiger partial charge in [0.1, 0.15) is 0 Å². The van der Waals surface area contributed by atoms with Crippen molar-refractivity contribution in [2.75, 3.05) is 19.3 Å². The fourth-order valence-electron chi connectivity index (χ4n) is 3.21. The third kappa shape index (κ3) is 3.64. The second-order valence-corrected chi connectivity index (χ2v) is 8.02. The molecule has 0 saturated carbocycles. The van der Waals surface area contributed by atoms with E-state index in [4.69, 9.17) is 0 Å². The third-order valence-corrected chi connectivity index (χ3v) is 5.71. The first kappa shape index (κ1) is 16.5. The van der Waals surface area contributed by atoms with Gasteiger partial charge in [0.05, 0.1) is 11.9 Å². The lowest BCUT2D eigenvalue weighted by Crippen LogP contribution is -2.45. The SMILES string of the molecule is Cc1nn(C)c(C)c1C(C)NC1CCN(S(C)(=O)=O)CC1. The third-order valence-electron chi connectivity index (χ3n) is 4.41. The molecule has 0 aromatic carbocycles. The summed E-state index contributed by atoms with van der Waals surface area (Å²) in [4.78, 5) is 0. The van der Waals surface area contributed by atoms with E-state index in [9.17, 15) is 8.42 Å². The van der Waals surface area contributed by atoms with Crippen LogP contribution in [-0.4, -0.2) is 47.9 Å². The van der Waals surface area contributed by atoms with Crippen molar-refractivity contribution in [1.29, 1.82) is 0 Å². The zero-order chi connectivity index (χ0) is 15.8. The Labute approximate surface area is 127 Å². The molecule has 0 bridgehead atoms. The maximum Gasteiger partial charge on any atom is 0.211 e. The number of rotatable bonds is 4. The molecule has 0 spiro atoms. The molecule has 1 N–H and O–H groups in total. The monoisotopic (exact) mass is 314 g/mol. The predicted octanol–water partition coefficient (Wildman–Crippen LogP) is 1.11. The number of sulfonamides is 1. The smallest absolute Gasteiger partial charge is 0.211 e. The van der Waals surface area contributed by atoms with E-state index in [2.05, 4.69) is 24.3 Å². The van der Waals surface area contributed by atoms with Crippen LogP contribution in [0.2, 0.25) is 0 Å². The van der Waals surface area contributed by atoms with Gasteiger partial charge in [0.2, 0.25) is 10.0 Å². The van der Waals surface area contributed by atoms with Crippen LogP contribution in [0.3, 0.4) is 0 Å². The molecule has 120 valence electrons. The minimum absolute atomic E-state index is 0.230. The molecule has 1 atom stereocenters. The van der Waals surface area contributed by atoms with Crippen LogP contribution in [-0.2, 0) is 17.1 Å². The van der Waals surface area contributed by atoms with Crippen molar-refractivity contribution in [3.8, 4) is 0 Å². The summed E-state index contributed by atoms with van der Waals surface area (Å²) in [7, 11) is -1.09. The van der Waals surface area contributed by atoms with Crippen molar-refractivity contribution >= 4 is 10.0 Å². The largest absolute Gasteiger partial charge is 0.307 e. The first-order valence-electron chi connectivity index (χ1n) is 7.41. The van der Waals surface area contributed by atoms with Gasteiger partial charge in [0.15, 0.2) is 0 Å². The van der Waals surface area contributed by atoms with E-state index < -0.39 is 10.0 Å². The molecule has 0 aliphatic carbocycles. The van der Waals surface area contributed by atoms with Crippen molar-refractivity contribution in [2.24, 2.45) is 7.05 Å². The summed E-state index contributed by atoms with van der Waals surface area (Å²) in [6.07, 6.45) is 3.00. The van der Waals surface area contributed by atoms with Crippen molar-refractivity contribution < 1.29 is 8.42 Å². The number of aryl methyl sites for hydroxylation is 2. The first-order valence-corrected chi connectivity index (χ1v) is 9.26. The molecule has 6 nitrogen and oxygen atoms in total. The molecule has 2 heterocycles. The van der Waals surface area contributed by atoms with Gasteiger partial charge in [-0.15, -0.1) is 0 Å². The summed E-state index contributed by atoms with van der Waals surface area (Å²) in [5.74, 6) is 0. The van der Waals surface area contributed by atoms with E-state index in [1.54, 1.807) is 4.31 Å². The molecule has 1 unspecified atom stereocenters. The van der Waals surface area contributed by atoms with Crippen LogP contribution >= 0.6 is 0 Å². The fourth-order valence-corrected chi connectivity index (χ4v) is 4.08. The van der Waals surface area contributed by atoms with Crippen LogP contribution in [0.4, 0.5) is 0 Å². The van der Waals surface area contributed by atoms with E-state index in [-0.39, 0.29) is 6.04 Å². The van der Waals surface area contributed by atoms with Gasteiger partial charge >= 0.3 is 0 Å². The lowest BCUT2D eigenvalue weighted by atomic mass is 10.0. The number of piperidine rings is 1. The van der Waals surface area contributed by atoms with Crippen LogP contribution in [0.15, 0.2) is 0 Å². The van der Waals surface area contributed by atoms with Gasteiger partial charge in [-0.25, -0.2) is 12.7 Å².